The molecule has 1 aliphatic rings. The van der Waals surface area contributed by atoms with Crippen molar-refractivity contribution in [1.82, 2.24) is 9.88 Å². The van der Waals surface area contributed by atoms with Crippen LogP contribution in [-0.4, -0.2) is 34.0 Å². The van der Waals surface area contributed by atoms with Gasteiger partial charge in [0.1, 0.15) is 11.6 Å². The highest BCUT2D eigenvalue weighted by Crippen LogP contribution is 2.22. The van der Waals surface area contributed by atoms with Crippen molar-refractivity contribution in [3.05, 3.63) is 30.1 Å². The molecule has 4 nitrogen and oxygen atoms in total. The van der Waals surface area contributed by atoms with Gasteiger partial charge in [-0.15, -0.1) is 0 Å². The second-order valence-electron chi connectivity index (χ2n) is 6.02. The zero-order chi connectivity index (χ0) is 13.9. The molecule has 0 bridgehead atoms. The SMILES string of the molecule is CC(C)(C)OC(=O)[C@@H]1CCCN1Cc1ccncc1. The first kappa shape index (κ1) is 14.0. The number of ether oxygens (including phenoxy) is 1. The summed E-state index contributed by atoms with van der Waals surface area (Å²) in [5, 5.41) is 0. The van der Waals surface area contributed by atoms with Crippen LogP contribution in [0.1, 0.15) is 39.2 Å². The van der Waals surface area contributed by atoms with Crippen molar-refractivity contribution in [2.75, 3.05) is 6.54 Å². The number of hydrogen-bond acceptors (Lipinski definition) is 4. The predicted molar refractivity (Wildman–Crippen MR) is 73.5 cm³/mol. The quantitative estimate of drug-likeness (QED) is 0.784. The second-order valence-corrected chi connectivity index (χ2v) is 6.02. The van der Waals surface area contributed by atoms with E-state index in [4.69, 9.17) is 4.74 Å². The zero-order valence-electron chi connectivity index (χ0n) is 11.9. The Balaban J connectivity index is 1.99. The lowest BCUT2D eigenvalue weighted by atomic mass is 10.1. The van der Waals surface area contributed by atoms with E-state index in [9.17, 15) is 4.79 Å². The molecule has 0 amide bonds. The van der Waals surface area contributed by atoms with Gasteiger partial charge >= 0.3 is 5.97 Å². The highest BCUT2D eigenvalue weighted by Gasteiger charge is 2.33. The Bertz CT molecular complexity index is 426. The van der Waals surface area contributed by atoms with Gasteiger partial charge in [0.25, 0.3) is 0 Å². The molecule has 19 heavy (non-hydrogen) atoms. The highest BCUT2D eigenvalue weighted by atomic mass is 16.6. The van der Waals surface area contributed by atoms with Crippen molar-refractivity contribution in [1.29, 1.82) is 0 Å². The van der Waals surface area contributed by atoms with Gasteiger partial charge in [0.05, 0.1) is 0 Å². The average molecular weight is 262 g/mol. The maximum absolute atomic E-state index is 12.2. The van der Waals surface area contributed by atoms with Crippen molar-refractivity contribution in [2.24, 2.45) is 0 Å². The number of rotatable bonds is 3. The zero-order valence-corrected chi connectivity index (χ0v) is 11.9. The van der Waals surface area contributed by atoms with Crippen LogP contribution in [0.25, 0.3) is 0 Å². The van der Waals surface area contributed by atoms with Gasteiger partial charge in [-0.05, 0) is 57.9 Å². The molecule has 2 heterocycles. The van der Waals surface area contributed by atoms with Gasteiger partial charge in [-0.2, -0.15) is 0 Å². The molecule has 1 aliphatic heterocycles. The summed E-state index contributed by atoms with van der Waals surface area (Å²) in [6.07, 6.45) is 5.51. The van der Waals surface area contributed by atoms with Crippen molar-refractivity contribution in [3.63, 3.8) is 0 Å². The number of esters is 1. The third kappa shape index (κ3) is 4.03. The normalized spacial score (nSPS) is 20.5. The summed E-state index contributed by atoms with van der Waals surface area (Å²) in [5.41, 5.74) is 0.771. The van der Waals surface area contributed by atoms with Crippen molar-refractivity contribution in [2.45, 2.75) is 51.8 Å². The molecule has 1 aromatic heterocycles. The van der Waals surface area contributed by atoms with E-state index in [1.165, 1.54) is 5.56 Å². The predicted octanol–water partition coefficient (Wildman–Crippen LogP) is 2.39. The van der Waals surface area contributed by atoms with Gasteiger partial charge in [0, 0.05) is 18.9 Å². The third-order valence-electron chi connectivity index (χ3n) is 3.18. The molecular formula is C15H22N2O2. The fraction of sp³-hybridized carbons (Fsp3) is 0.600. The largest absolute Gasteiger partial charge is 0.459 e. The fourth-order valence-electron chi connectivity index (χ4n) is 2.37. The summed E-state index contributed by atoms with van der Waals surface area (Å²) in [7, 11) is 0. The molecule has 1 saturated heterocycles. The van der Waals surface area contributed by atoms with E-state index in [-0.39, 0.29) is 12.0 Å². The Morgan fingerprint density at radius 1 is 1.42 bits per heavy atom. The Morgan fingerprint density at radius 3 is 2.74 bits per heavy atom. The van der Waals surface area contributed by atoms with Crippen LogP contribution in [0.5, 0.6) is 0 Å². The molecule has 4 heteroatoms. The van der Waals surface area contributed by atoms with Crippen molar-refractivity contribution < 1.29 is 9.53 Å². The third-order valence-corrected chi connectivity index (χ3v) is 3.18. The summed E-state index contributed by atoms with van der Waals surface area (Å²) in [4.78, 5) is 18.4. The van der Waals surface area contributed by atoms with Crippen LogP contribution in [-0.2, 0) is 16.1 Å². The second kappa shape index (κ2) is 5.70. The lowest BCUT2D eigenvalue weighted by Gasteiger charge is -2.27. The molecule has 2 rings (SSSR count). The number of nitrogens with zero attached hydrogens (tertiary/aromatic N) is 2. The van der Waals surface area contributed by atoms with Gasteiger partial charge in [-0.1, -0.05) is 0 Å². The standard InChI is InChI=1S/C15H22N2O2/c1-15(2,3)19-14(18)13-5-4-10-17(13)11-12-6-8-16-9-7-12/h6-9,13H,4-5,10-11H2,1-3H3/t13-/m0/s1. The molecule has 0 aromatic carbocycles. The first-order chi connectivity index (χ1) is 8.96. The average Bonchev–Trinajstić information content (AvgIpc) is 2.76. The smallest absolute Gasteiger partial charge is 0.323 e. The molecule has 0 aliphatic carbocycles. The molecule has 0 saturated carbocycles. The van der Waals surface area contributed by atoms with Crippen LogP contribution in [0.2, 0.25) is 0 Å². The molecular weight excluding hydrogens is 240 g/mol. The van der Waals surface area contributed by atoms with E-state index in [2.05, 4.69) is 9.88 Å². The summed E-state index contributed by atoms with van der Waals surface area (Å²) >= 11 is 0. The Hall–Kier alpha value is -1.42. The maximum atomic E-state index is 12.2. The van der Waals surface area contributed by atoms with Gasteiger partial charge in [0.2, 0.25) is 0 Å². The first-order valence-corrected chi connectivity index (χ1v) is 6.81. The van der Waals surface area contributed by atoms with E-state index in [1.54, 1.807) is 12.4 Å². The van der Waals surface area contributed by atoms with Crippen LogP contribution in [0.3, 0.4) is 0 Å². The van der Waals surface area contributed by atoms with Crippen LogP contribution >= 0.6 is 0 Å². The van der Waals surface area contributed by atoms with E-state index in [1.807, 2.05) is 32.9 Å². The number of aromatic nitrogens is 1. The van der Waals surface area contributed by atoms with Crippen LogP contribution in [0.4, 0.5) is 0 Å². The molecule has 1 atom stereocenters. The molecule has 0 spiro atoms. The monoisotopic (exact) mass is 262 g/mol. The van der Waals surface area contributed by atoms with E-state index >= 15 is 0 Å². The summed E-state index contributed by atoms with van der Waals surface area (Å²) in [6.45, 7) is 7.46. The Labute approximate surface area is 114 Å². The van der Waals surface area contributed by atoms with E-state index in [0.29, 0.717) is 0 Å². The number of hydrogen-bond donors (Lipinski definition) is 0. The van der Waals surface area contributed by atoms with E-state index < -0.39 is 5.60 Å². The number of carbonyl (C=O) groups is 1. The van der Waals surface area contributed by atoms with Gasteiger partial charge in [0.15, 0.2) is 0 Å². The summed E-state index contributed by atoms with van der Waals surface area (Å²) in [6, 6.07) is 3.88. The minimum Gasteiger partial charge on any atom is -0.459 e. The molecule has 0 radical (unpaired) electrons. The molecule has 1 fully saturated rings. The highest BCUT2D eigenvalue weighted by molar-refractivity contribution is 5.76. The van der Waals surface area contributed by atoms with Crippen molar-refractivity contribution >= 4 is 5.97 Å². The van der Waals surface area contributed by atoms with Crippen LogP contribution < -0.4 is 0 Å². The number of pyridine rings is 1. The fourth-order valence-corrected chi connectivity index (χ4v) is 2.37. The van der Waals surface area contributed by atoms with Gasteiger partial charge in [-0.25, -0.2) is 0 Å². The van der Waals surface area contributed by atoms with Crippen LogP contribution in [0.15, 0.2) is 24.5 Å². The maximum Gasteiger partial charge on any atom is 0.323 e. The Morgan fingerprint density at radius 2 is 2.11 bits per heavy atom. The van der Waals surface area contributed by atoms with Gasteiger partial charge < -0.3 is 4.74 Å². The first-order valence-electron chi connectivity index (χ1n) is 6.81. The molecule has 104 valence electrons. The number of carbonyl (C=O) groups excluding carboxylic acids is 1. The molecule has 0 N–H and O–H groups in total. The lowest BCUT2D eigenvalue weighted by Crippen LogP contribution is -2.40. The lowest BCUT2D eigenvalue weighted by molar-refractivity contribution is -0.160. The number of likely N-dealkylation sites (tertiary alicyclic amines) is 1. The topological polar surface area (TPSA) is 42.4 Å². The van der Waals surface area contributed by atoms with Gasteiger partial charge in [-0.3, -0.25) is 14.7 Å². The summed E-state index contributed by atoms with van der Waals surface area (Å²) in [5.74, 6) is -0.0981. The minimum atomic E-state index is -0.415. The Kier molecular flexibility index (Phi) is 4.20. The van der Waals surface area contributed by atoms with Crippen molar-refractivity contribution in [3.8, 4) is 0 Å². The van der Waals surface area contributed by atoms with Crippen LogP contribution in [0, 0.1) is 0 Å². The molecule has 1 aromatic rings. The summed E-state index contributed by atoms with van der Waals surface area (Å²) < 4.78 is 5.50. The van der Waals surface area contributed by atoms with E-state index in [0.717, 1.165) is 25.9 Å². The minimum absolute atomic E-state index is 0.0981. The molecule has 0 unspecified atom stereocenters.